The molecular weight excluding hydrogens is 313 g/mol. The Labute approximate surface area is 131 Å². The van der Waals surface area contributed by atoms with Crippen LogP contribution in [0.4, 0.5) is 13.2 Å². The standard InChI is InChI=1S/C14H19F3N4O2/c1-10(2)21-6-5-19(8-13(21)23)12(22)7-11-3-4-20(18-11)9-14(15,16)17/h3-4,10H,5-9H2,1-2H3. The van der Waals surface area contributed by atoms with E-state index < -0.39 is 12.7 Å². The van der Waals surface area contributed by atoms with Gasteiger partial charge in [0.15, 0.2) is 0 Å². The first-order valence-corrected chi connectivity index (χ1v) is 7.32. The Morgan fingerprint density at radius 3 is 2.61 bits per heavy atom. The van der Waals surface area contributed by atoms with E-state index in [0.717, 1.165) is 4.68 Å². The van der Waals surface area contributed by atoms with Gasteiger partial charge in [0, 0.05) is 25.3 Å². The van der Waals surface area contributed by atoms with Crippen molar-refractivity contribution in [2.24, 2.45) is 0 Å². The molecule has 9 heteroatoms. The van der Waals surface area contributed by atoms with E-state index in [9.17, 15) is 22.8 Å². The van der Waals surface area contributed by atoms with Crippen LogP contribution in [0.5, 0.6) is 0 Å². The van der Waals surface area contributed by atoms with E-state index >= 15 is 0 Å². The minimum Gasteiger partial charge on any atom is -0.337 e. The smallest absolute Gasteiger partial charge is 0.337 e. The lowest BCUT2D eigenvalue weighted by Crippen LogP contribution is -2.54. The summed E-state index contributed by atoms with van der Waals surface area (Å²) in [5, 5.41) is 3.75. The van der Waals surface area contributed by atoms with Gasteiger partial charge in [-0.05, 0) is 19.9 Å². The van der Waals surface area contributed by atoms with E-state index in [1.165, 1.54) is 17.2 Å². The molecule has 2 amide bonds. The van der Waals surface area contributed by atoms with Gasteiger partial charge in [0.1, 0.15) is 6.54 Å². The summed E-state index contributed by atoms with van der Waals surface area (Å²) in [6.07, 6.45) is -3.27. The van der Waals surface area contributed by atoms with Gasteiger partial charge in [-0.25, -0.2) is 0 Å². The van der Waals surface area contributed by atoms with Crippen molar-refractivity contribution in [1.29, 1.82) is 0 Å². The maximum atomic E-state index is 12.3. The van der Waals surface area contributed by atoms with Gasteiger partial charge in [0.05, 0.1) is 18.7 Å². The molecule has 0 saturated carbocycles. The third kappa shape index (κ3) is 4.70. The topological polar surface area (TPSA) is 58.4 Å². The highest BCUT2D eigenvalue weighted by molar-refractivity contribution is 5.86. The molecule has 1 aromatic heterocycles. The predicted molar refractivity (Wildman–Crippen MR) is 75.4 cm³/mol. The minimum atomic E-state index is -4.35. The maximum Gasteiger partial charge on any atom is 0.408 e. The van der Waals surface area contributed by atoms with Gasteiger partial charge >= 0.3 is 6.18 Å². The Kier molecular flexibility index (Phi) is 4.96. The van der Waals surface area contributed by atoms with E-state index in [0.29, 0.717) is 13.1 Å². The summed E-state index contributed by atoms with van der Waals surface area (Å²) in [7, 11) is 0. The first-order chi connectivity index (χ1) is 10.7. The molecule has 1 fully saturated rings. The molecule has 1 saturated heterocycles. The van der Waals surface area contributed by atoms with Gasteiger partial charge in [-0.3, -0.25) is 14.3 Å². The molecule has 1 aromatic rings. The van der Waals surface area contributed by atoms with Crippen LogP contribution in [0.15, 0.2) is 12.3 Å². The number of aromatic nitrogens is 2. The van der Waals surface area contributed by atoms with Crippen LogP contribution in [-0.4, -0.2) is 63.2 Å². The summed E-state index contributed by atoms with van der Waals surface area (Å²) in [5.74, 6) is -0.429. The highest BCUT2D eigenvalue weighted by Gasteiger charge is 2.30. The molecule has 0 unspecified atom stereocenters. The molecule has 128 valence electrons. The average molecular weight is 332 g/mol. The fraction of sp³-hybridized carbons (Fsp3) is 0.643. The Morgan fingerprint density at radius 1 is 1.35 bits per heavy atom. The third-order valence-corrected chi connectivity index (χ3v) is 3.60. The Morgan fingerprint density at radius 2 is 2.04 bits per heavy atom. The van der Waals surface area contributed by atoms with Crippen LogP contribution >= 0.6 is 0 Å². The second kappa shape index (κ2) is 6.59. The van der Waals surface area contributed by atoms with Crippen LogP contribution in [0.1, 0.15) is 19.5 Å². The number of carbonyl (C=O) groups excluding carboxylic acids is 2. The number of carbonyl (C=O) groups is 2. The third-order valence-electron chi connectivity index (χ3n) is 3.60. The zero-order valence-corrected chi connectivity index (χ0v) is 13.0. The van der Waals surface area contributed by atoms with Crippen molar-refractivity contribution < 1.29 is 22.8 Å². The van der Waals surface area contributed by atoms with Crippen LogP contribution in [0.2, 0.25) is 0 Å². The van der Waals surface area contributed by atoms with E-state index in [4.69, 9.17) is 0 Å². The molecule has 0 atom stereocenters. The fourth-order valence-electron chi connectivity index (χ4n) is 2.48. The lowest BCUT2D eigenvalue weighted by Gasteiger charge is -2.36. The van der Waals surface area contributed by atoms with Crippen molar-refractivity contribution >= 4 is 11.8 Å². The zero-order valence-electron chi connectivity index (χ0n) is 13.0. The monoisotopic (exact) mass is 332 g/mol. The number of piperazine rings is 1. The van der Waals surface area contributed by atoms with Gasteiger partial charge in [0.25, 0.3) is 0 Å². The molecule has 1 aliphatic heterocycles. The van der Waals surface area contributed by atoms with E-state index in [1.807, 2.05) is 13.8 Å². The van der Waals surface area contributed by atoms with E-state index in [-0.39, 0.29) is 36.5 Å². The van der Waals surface area contributed by atoms with Gasteiger partial charge in [-0.2, -0.15) is 18.3 Å². The number of rotatable bonds is 4. The molecule has 2 heterocycles. The molecule has 0 N–H and O–H groups in total. The van der Waals surface area contributed by atoms with Crippen LogP contribution in [0.3, 0.4) is 0 Å². The fourth-order valence-corrected chi connectivity index (χ4v) is 2.48. The van der Waals surface area contributed by atoms with Crippen LogP contribution in [0.25, 0.3) is 0 Å². The van der Waals surface area contributed by atoms with Crippen molar-refractivity contribution in [2.75, 3.05) is 19.6 Å². The van der Waals surface area contributed by atoms with Gasteiger partial charge < -0.3 is 9.80 Å². The molecule has 0 bridgehead atoms. The van der Waals surface area contributed by atoms with Gasteiger partial charge in [0.2, 0.25) is 11.8 Å². The minimum absolute atomic E-state index is 0.000271. The molecule has 2 rings (SSSR count). The van der Waals surface area contributed by atoms with Crippen molar-refractivity contribution in [3.05, 3.63) is 18.0 Å². The molecule has 1 aliphatic rings. The molecule has 23 heavy (non-hydrogen) atoms. The largest absolute Gasteiger partial charge is 0.408 e. The van der Waals surface area contributed by atoms with Crippen molar-refractivity contribution in [3.63, 3.8) is 0 Å². The molecule has 6 nitrogen and oxygen atoms in total. The van der Waals surface area contributed by atoms with Crippen molar-refractivity contribution in [1.82, 2.24) is 19.6 Å². The second-order valence-electron chi connectivity index (χ2n) is 5.79. The zero-order chi connectivity index (χ0) is 17.2. The second-order valence-corrected chi connectivity index (χ2v) is 5.79. The van der Waals surface area contributed by atoms with E-state index in [2.05, 4.69) is 5.10 Å². The Balaban J connectivity index is 1.91. The summed E-state index contributed by atoms with van der Waals surface area (Å²) >= 11 is 0. The van der Waals surface area contributed by atoms with Crippen LogP contribution < -0.4 is 0 Å². The Hall–Kier alpha value is -2.06. The maximum absolute atomic E-state index is 12.3. The number of hydrogen-bond acceptors (Lipinski definition) is 3. The molecule has 0 radical (unpaired) electrons. The molecular formula is C14H19F3N4O2. The van der Waals surface area contributed by atoms with Crippen LogP contribution in [0, 0.1) is 0 Å². The molecule has 0 aromatic carbocycles. The number of hydrogen-bond donors (Lipinski definition) is 0. The first-order valence-electron chi connectivity index (χ1n) is 7.32. The first kappa shape index (κ1) is 17.3. The highest BCUT2D eigenvalue weighted by atomic mass is 19.4. The summed E-state index contributed by atoms with van der Waals surface area (Å²) in [4.78, 5) is 27.2. The lowest BCUT2D eigenvalue weighted by atomic mass is 10.2. The summed E-state index contributed by atoms with van der Waals surface area (Å²) in [6, 6.07) is 1.47. The quantitative estimate of drug-likeness (QED) is 0.829. The predicted octanol–water partition coefficient (Wildman–Crippen LogP) is 1.07. The van der Waals surface area contributed by atoms with Crippen molar-refractivity contribution in [3.8, 4) is 0 Å². The number of halogens is 3. The SMILES string of the molecule is CC(C)N1CCN(C(=O)Cc2ccn(CC(F)(F)F)n2)CC1=O. The summed E-state index contributed by atoms with van der Waals surface area (Å²) in [6.45, 7) is 3.51. The number of alkyl halides is 3. The van der Waals surface area contributed by atoms with Crippen molar-refractivity contribution in [2.45, 2.75) is 39.0 Å². The van der Waals surface area contributed by atoms with Crippen LogP contribution in [-0.2, 0) is 22.6 Å². The summed E-state index contributed by atoms with van der Waals surface area (Å²) in [5.41, 5.74) is 0.262. The normalized spacial score (nSPS) is 16.3. The molecule has 0 aliphatic carbocycles. The number of amides is 2. The van der Waals surface area contributed by atoms with Gasteiger partial charge in [-0.1, -0.05) is 0 Å². The summed E-state index contributed by atoms with van der Waals surface area (Å²) < 4.78 is 37.6. The molecule has 0 spiro atoms. The van der Waals surface area contributed by atoms with Gasteiger partial charge in [-0.15, -0.1) is 0 Å². The highest BCUT2D eigenvalue weighted by Crippen LogP contribution is 2.17. The number of nitrogens with zero attached hydrogens (tertiary/aromatic N) is 4. The average Bonchev–Trinajstić information content (AvgIpc) is 2.82. The lowest BCUT2D eigenvalue weighted by molar-refractivity contribution is -0.146. The van der Waals surface area contributed by atoms with E-state index in [1.54, 1.807) is 4.90 Å². The Bertz CT molecular complexity index is 583.